The molecule has 1 N–H and O–H groups in total. The van der Waals surface area contributed by atoms with Crippen LogP contribution in [0.5, 0.6) is 5.75 Å². The quantitative estimate of drug-likeness (QED) is 0.779. The Bertz CT molecular complexity index is 705. The number of ether oxygens (including phenoxy) is 2. The number of alkyl halides is 2. The Balaban J connectivity index is 1.99. The zero-order chi connectivity index (χ0) is 18.2. The van der Waals surface area contributed by atoms with E-state index < -0.39 is 12.5 Å². The third kappa shape index (κ3) is 6.15. The van der Waals surface area contributed by atoms with Crippen molar-refractivity contribution >= 4 is 5.91 Å². The third-order valence-electron chi connectivity index (χ3n) is 3.38. The number of nitrogens with one attached hydrogen (secondary N) is 1. The number of hydrogen-bond donors (Lipinski definition) is 1. The van der Waals surface area contributed by atoms with E-state index in [1.165, 1.54) is 18.2 Å². The molecule has 0 aliphatic rings. The highest BCUT2D eigenvalue weighted by molar-refractivity contribution is 5.96. The molecular formula is C19H21F2NO3. The van der Waals surface area contributed by atoms with Crippen LogP contribution in [0.2, 0.25) is 0 Å². The molecule has 0 spiro atoms. The van der Waals surface area contributed by atoms with E-state index in [9.17, 15) is 13.6 Å². The standard InChI is InChI=1S/C19H21F2NO3/c1-13(2)24-12-15-7-5-6-14(10-15)11-22-18(23)16-8-3-4-9-17(16)25-19(20)21/h3-10,13,19H,11-12H2,1-2H3,(H,22,23). The Morgan fingerprint density at radius 2 is 1.80 bits per heavy atom. The Hall–Kier alpha value is -2.47. The molecule has 4 nitrogen and oxygen atoms in total. The molecule has 2 aromatic carbocycles. The minimum atomic E-state index is -2.98. The van der Waals surface area contributed by atoms with Crippen LogP contribution in [-0.2, 0) is 17.9 Å². The van der Waals surface area contributed by atoms with Crippen LogP contribution >= 0.6 is 0 Å². The molecule has 0 atom stereocenters. The smallest absolute Gasteiger partial charge is 0.387 e. The van der Waals surface area contributed by atoms with Crippen LogP contribution in [0, 0.1) is 0 Å². The van der Waals surface area contributed by atoms with Crippen LogP contribution in [0.4, 0.5) is 8.78 Å². The number of carbonyl (C=O) groups is 1. The van der Waals surface area contributed by atoms with E-state index >= 15 is 0 Å². The lowest BCUT2D eigenvalue weighted by atomic mass is 10.1. The highest BCUT2D eigenvalue weighted by Crippen LogP contribution is 2.20. The summed E-state index contributed by atoms with van der Waals surface area (Å²) in [5, 5.41) is 2.72. The minimum Gasteiger partial charge on any atom is -0.434 e. The van der Waals surface area contributed by atoms with Crippen LogP contribution in [0.25, 0.3) is 0 Å². The van der Waals surface area contributed by atoms with E-state index in [2.05, 4.69) is 10.1 Å². The van der Waals surface area contributed by atoms with Gasteiger partial charge in [-0.25, -0.2) is 0 Å². The number of benzene rings is 2. The normalized spacial score (nSPS) is 11.0. The largest absolute Gasteiger partial charge is 0.434 e. The Morgan fingerprint density at radius 1 is 1.08 bits per heavy atom. The maximum absolute atomic E-state index is 12.4. The first kappa shape index (κ1) is 18.9. The first-order chi connectivity index (χ1) is 12.0. The second kappa shape index (κ2) is 9.13. The van der Waals surface area contributed by atoms with E-state index in [0.717, 1.165) is 11.1 Å². The number of hydrogen-bond acceptors (Lipinski definition) is 3. The lowest BCUT2D eigenvalue weighted by molar-refractivity contribution is -0.0501. The molecule has 0 aromatic heterocycles. The van der Waals surface area contributed by atoms with Crippen LogP contribution in [0.1, 0.15) is 35.3 Å². The molecule has 0 aliphatic heterocycles. The zero-order valence-corrected chi connectivity index (χ0v) is 14.2. The second-order valence-electron chi connectivity index (χ2n) is 5.74. The molecular weight excluding hydrogens is 328 g/mol. The second-order valence-corrected chi connectivity index (χ2v) is 5.74. The van der Waals surface area contributed by atoms with Gasteiger partial charge in [-0.15, -0.1) is 0 Å². The lowest BCUT2D eigenvalue weighted by Gasteiger charge is -2.12. The Morgan fingerprint density at radius 3 is 2.52 bits per heavy atom. The average molecular weight is 349 g/mol. The predicted molar refractivity (Wildman–Crippen MR) is 90.6 cm³/mol. The molecule has 0 radical (unpaired) electrons. The van der Waals surface area contributed by atoms with E-state index in [1.807, 2.05) is 38.1 Å². The van der Waals surface area contributed by atoms with E-state index in [0.29, 0.717) is 6.61 Å². The summed E-state index contributed by atoms with van der Waals surface area (Å²) >= 11 is 0. The summed E-state index contributed by atoms with van der Waals surface area (Å²) in [5.74, 6) is -0.617. The average Bonchev–Trinajstić information content (AvgIpc) is 2.58. The summed E-state index contributed by atoms with van der Waals surface area (Å²) in [6.07, 6.45) is 0.134. The van der Waals surface area contributed by atoms with Crippen molar-refractivity contribution in [3.63, 3.8) is 0 Å². The van der Waals surface area contributed by atoms with Crippen molar-refractivity contribution < 1.29 is 23.0 Å². The number of carbonyl (C=O) groups excluding carboxylic acids is 1. The molecule has 1 amide bonds. The molecule has 0 unspecified atom stereocenters. The van der Waals surface area contributed by atoms with Crippen molar-refractivity contribution in [2.45, 2.75) is 39.7 Å². The van der Waals surface area contributed by atoms with Crippen LogP contribution in [0.15, 0.2) is 48.5 Å². The highest BCUT2D eigenvalue weighted by atomic mass is 19.3. The van der Waals surface area contributed by atoms with Gasteiger partial charge in [0.2, 0.25) is 0 Å². The van der Waals surface area contributed by atoms with E-state index in [4.69, 9.17) is 4.74 Å². The molecule has 0 saturated carbocycles. The van der Waals surface area contributed by atoms with Gasteiger partial charge in [0.05, 0.1) is 18.3 Å². The van der Waals surface area contributed by atoms with Gasteiger partial charge in [-0.3, -0.25) is 4.79 Å². The molecule has 2 rings (SSSR count). The molecule has 2 aromatic rings. The van der Waals surface area contributed by atoms with Gasteiger partial charge in [0.25, 0.3) is 5.91 Å². The van der Waals surface area contributed by atoms with Gasteiger partial charge in [0.1, 0.15) is 5.75 Å². The molecule has 134 valence electrons. The predicted octanol–water partition coefficient (Wildman–Crippen LogP) is 4.14. The fourth-order valence-corrected chi connectivity index (χ4v) is 2.22. The monoisotopic (exact) mass is 349 g/mol. The number of amides is 1. The van der Waals surface area contributed by atoms with Crippen LogP contribution < -0.4 is 10.1 Å². The summed E-state index contributed by atoms with van der Waals surface area (Å²) < 4.78 is 34.8. The van der Waals surface area contributed by atoms with E-state index in [-0.39, 0.29) is 24.0 Å². The van der Waals surface area contributed by atoms with Crippen molar-refractivity contribution in [1.29, 1.82) is 0 Å². The highest BCUT2D eigenvalue weighted by Gasteiger charge is 2.15. The van der Waals surface area contributed by atoms with Crippen molar-refractivity contribution in [3.05, 3.63) is 65.2 Å². The van der Waals surface area contributed by atoms with Gasteiger partial charge < -0.3 is 14.8 Å². The van der Waals surface area contributed by atoms with Gasteiger partial charge >= 0.3 is 6.61 Å². The van der Waals surface area contributed by atoms with Gasteiger partial charge in [0, 0.05) is 6.54 Å². The van der Waals surface area contributed by atoms with Crippen molar-refractivity contribution in [1.82, 2.24) is 5.32 Å². The summed E-state index contributed by atoms with van der Waals surface area (Å²) in [6, 6.07) is 13.5. The zero-order valence-electron chi connectivity index (χ0n) is 14.2. The molecule has 0 saturated heterocycles. The summed E-state index contributed by atoms with van der Waals surface area (Å²) in [6.45, 7) is 1.71. The summed E-state index contributed by atoms with van der Waals surface area (Å²) in [5.41, 5.74) is 1.97. The Labute approximate surface area is 145 Å². The van der Waals surface area contributed by atoms with E-state index in [1.54, 1.807) is 6.07 Å². The first-order valence-corrected chi connectivity index (χ1v) is 7.97. The molecule has 6 heteroatoms. The number of halogens is 2. The molecule has 0 fully saturated rings. The summed E-state index contributed by atoms with van der Waals surface area (Å²) in [4.78, 5) is 12.3. The number of rotatable bonds is 8. The fraction of sp³-hybridized carbons (Fsp3) is 0.316. The molecule has 0 bridgehead atoms. The third-order valence-corrected chi connectivity index (χ3v) is 3.38. The SMILES string of the molecule is CC(C)OCc1cccc(CNC(=O)c2ccccc2OC(F)F)c1. The van der Waals surface area contributed by atoms with Crippen LogP contribution in [0.3, 0.4) is 0 Å². The minimum absolute atomic E-state index is 0.0714. The molecule has 0 aliphatic carbocycles. The van der Waals surface area contributed by atoms with Gasteiger partial charge in [-0.1, -0.05) is 36.4 Å². The van der Waals surface area contributed by atoms with Crippen molar-refractivity contribution in [2.24, 2.45) is 0 Å². The molecule has 25 heavy (non-hydrogen) atoms. The van der Waals surface area contributed by atoms with Crippen LogP contribution in [-0.4, -0.2) is 18.6 Å². The maximum Gasteiger partial charge on any atom is 0.387 e. The fourth-order valence-electron chi connectivity index (χ4n) is 2.22. The van der Waals surface area contributed by atoms with Gasteiger partial charge in [-0.2, -0.15) is 8.78 Å². The van der Waals surface area contributed by atoms with Crippen molar-refractivity contribution in [2.75, 3.05) is 0 Å². The number of para-hydroxylation sites is 1. The lowest BCUT2D eigenvalue weighted by Crippen LogP contribution is -2.24. The van der Waals surface area contributed by atoms with Gasteiger partial charge in [0.15, 0.2) is 0 Å². The van der Waals surface area contributed by atoms with Gasteiger partial charge in [-0.05, 0) is 37.1 Å². The first-order valence-electron chi connectivity index (χ1n) is 7.97. The Kier molecular flexibility index (Phi) is 6.89. The molecule has 0 heterocycles. The van der Waals surface area contributed by atoms with Crippen molar-refractivity contribution in [3.8, 4) is 5.75 Å². The topological polar surface area (TPSA) is 47.6 Å². The summed E-state index contributed by atoms with van der Waals surface area (Å²) in [7, 11) is 0. The maximum atomic E-state index is 12.4.